The minimum absolute atomic E-state index is 0.00394. The molecule has 2 aromatic heterocycles. The number of anilines is 1. The fraction of sp³-hybridized carbons (Fsp3) is 0.526. The minimum atomic E-state index is -0.0475. The normalized spacial score (nSPS) is 17.8. The molecule has 0 saturated carbocycles. The van der Waals surface area contributed by atoms with Gasteiger partial charge in [0.1, 0.15) is 5.69 Å². The Balaban J connectivity index is 1.73. The van der Waals surface area contributed by atoms with E-state index < -0.39 is 0 Å². The van der Waals surface area contributed by atoms with Gasteiger partial charge in [0, 0.05) is 54.2 Å². The second-order valence-corrected chi connectivity index (χ2v) is 7.83. The molecule has 3 rings (SSSR count). The van der Waals surface area contributed by atoms with Crippen LogP contribution in [-0.4, -0.2) is 46.1 Å². The number of pyridine rings is 1. The van der Waals surface area contributed by atoms with Crippen molar-refractivity contribution in [1.29, 1.82) is 0 Å². The molecule has 0 radical (unpaired) electrons. The van der Waals surface area contributed by atoms with Crippen LogP contribution in [0.15, 0.2) is 18.2 Å². The van der Waals surface area contributed by atoms with Crippen molar-refractivity contribution in [2.45, 2.75) is 45.4 Å². The lowest BCUT2D eigenvalue weighted by molar-refractivity contribution is 0.0785. The third-order valence-electron chi connectivity index (χ3n) is 4.76. The van der Waals surface area contributed by atoms with Crippen LogP contribution in [0.5, 0.6) is 0 Å². The summed E-state index contributed by atoms with van der Waals surface area (Å²) in [7, 11) is 1.91. The van der Waals surface area contributed by atoms with Crippen molar-refractivity contribution in [1.82, 2.24) is 20.1 Å². The summed E-state index contributed by atoms with van der Waals surface area (Å²) < 4.78 is 0. The first-order valence-corrected chi connectivity index (χ1v) is 8.79. The Labute approximate surface area is 149 Å². The number of aromatic nitrogens is 3. The highest BCUT2D eigenvalue weighted by Crippen LogP contribution is 2.29. The average Bonchev–Trinajstić information content (AvgIpc) is 3.22. The van der Waals surface area contributed by atoms with Crippen LogP contribution in [0.25, 0.3) is 0 Å². The zero-order valence-electron chi connectivity index (χ0n) is 15.7. The van der Waals surface area contributed by atoms with E-state index >= 15 is 0 Å². The molecule has 1 unspecified atom stereocenters. The van der Waals surface area contributed by atoms with E-state index in [1.807, 2.05) is 31.0 Å². The molecule has 1 aliphatic rings. The van der Waals surface area contributed by atoms with E-state index in [-0.39, 0.29) is 17.2 Å². The number of carbonyl (C=O) groups excluding carboxylic acids is 1. The molecule has 1 fully saturated rings. The molecular formula is C19H27N5O. The van der Waals surface area contributed by atoms with Gasteiger partial charge in [-0.3, -0.25) is 14.9 Å². The quantitative estimate of drug-likeness (QED) is 0.900. The van der Waals surface area contributed by atoms with Gasteiger partial charge in [0.05, 0.1) is 0 Å². The molecule has 25 heavy (non-hydrogen) atoms. The van der Waals surface area contributed by atoms with Crippen molar-refractivity contribution >= 4 is 11.6 Å². The van der Waals surface area contributed by atoms with Crippen LogP contribution in [0.4, 0.5) is 5.69 Å². The van der Waals surface area contributed by atoms with Crippen LogP contribution in [0.1, 0.15) is 60.7 Å². The Hall–Kier alpha value is -2.37. The van der Waals surface area contributed by atoms with E-state index in [1.165, 1.54) is 0 Å². The van der Waals surface area contributed by atoms with Gasteiger partial charge in [-0.2, -0.15) is 5.10 Å². The molecule has 2 aromatic rings. The monoisotopic (exact) mass is 341 g/mol. The van der Waals surface area contributed by atoms with Crippen LogP contribution >= 0.6 is 0 Å². The van der Waals surface area contributed by atoms with Crippen LogP contribution in [0.3, 0.4) is 0 Å². The number of hydrogen-bond acceptors (Lipinski definition) is 4. The van der Waals surface area contributed by atoms with Gasteiger partial charge >= 0.3 is 0 Å². The van der Waals surface area contributed by atoms with Crippen LogP contribution in [0.2, 0.25) is 0 Å². The highest BCUT2D eigenvalue weighted by atomic mass is 16.2. The van der Waals surface area contributed by atoms with Gasteiger partial charge < -0.3 is 10.2 Å². The number of nitrogens with zero attached hydrogens (tertiary/aromatic N) is 3. The predicted octanol–water partition coefficient (Wildman–Crippen LogP) is 3.08. The van der Waals surface area contributed by atoms with E-state index in [2.05, 4.69) is 47.3 Å². The van der Waals surface area contributed by atoms with E-state index in [0.717, 1.165) is 35.7 Å². The molecule has 134 valence electrons. The Kier molecular flexibility index (Phi) is 4.54. The Morgan fingerprint density at radius 3 is 2.72 bits per heavy atom. The third kappa shape index (κ3) is 3.67. The fourth-order valence-electron chi connectivity index (χ4n) is 3.21. The summed E-state index contributed by atoms with van der Waals surface area (Å²) >= 11 is 0. The van der Waals surface area contributed by atoms with Crippen molar-refractivity contribution in [3.05, 3.63) is 41.0 Å². The van der Waals surface area contributed by atoms with Crippen LogP contribution < -0.4 is 5.32 Å². The van der Waals surface area contributed by atoms with Gasteiger partial charge in [-0.25, -0.2) is 0 Å². The van der Waals surface area contributed by atoms with Gasteiger partial charge in [-0.15, -0.1) is 0 Å². The SMILES string of the molecule is CNc1cc(C)nc(C2CCN(C(=O)c3cc(C(C)(C)C)[nH]n3)C2)c1. The molecule has 0 aromatic carbocycles. The molecule has 6 heteroatoms. The molecule has 0 spiro atoms. The molecule has 1 amide bonds. The number of aryl methyl sites for hydroxylation is 1. The number of likely N-dealkylation sites (tertiary alicyclic amines) is 1. The van der Waals surface area contributed by atoms with E-state index in [1.54, 1.807) is 0 Å². The second-order valence-electron chi connectivity index (χ2n) is 7.83. The molecule has 0 bridgehead atoms. The molecule has 3 heterocycles. The van der Waals surface area contributed by atoms with E-state index in [4.69, 9.17) is 0 Å². The smallest absolute Gasteiger partial charge is 0.274 e. The lowest BCUT2D eigenvalue weighted by Crippen LogP contribution is -2.28. The molecule has 2 N–H and O–H groups in total. The molecule has 1 atom stereocenters. The first-order valence-electron chi connectivity index (χ1n) is 8.79. The number of nitrogens with one attached hydrogen (secondary N) is 2. The number of aromatic amines is 1. The summed E-state index contributed by atoms with van der Waals surface area (Å²) in [4.78, 5) is 19.3. The van der Waals surface area contributed by atoms with Crippen molar-refractivity contribution < 1.29 is 4.79 Å². The fourth-order valence-corrected chi connectivity index (χ4v) is 3.21. The van der Waals surface area contributed by atoms with Gasteiger partial charge in [-0.05, 0) is 31.5 Å². The third-order valence-corrected chi connectivity index (χ3v) is 4.76. The second kappa shape index (κ2) is 6.50. The van der Waals surface area contributed by atoms with E-state index in [0.29, 0.717) is 12.2 Å². The maximum absolute atomic E-state index is 12.8. The van der Waals surface area contributed by atoms with Crippen molar-refractivity contribution in [2.75, 3.05) is 25.5 Å². The zero-order valence-corrected chi connectivity index (χ0v) is 15.7. The summed E-state index contributed by atoms with van der Waals surface area (Å²) in [6.45, 7) is 9.73. The number of H-pyrrole nitrogens is 1. The van der Waals surface area contributed by atoms with E-state index in [9.17, 15) is 4.79 Å². The number of carbonyl (C=O) groups is 1. The van der Waals surface area contributed by atoms with Gasteiger partial charge in [0.25, 0.3) is 5.91 Å². The maximum Gasteiger partial charge on any atom is 0.274 e. The summed E-state index contributed by atoms with van der Waals surface area (Å²) in [5.41, 5.74) is 4.54. The number of amides is 1. The molecule has 1 aliphatic heterocycles. The molecule has 0 aliphatic carbocycles. The Morgan fingerprint density at radius 1 is 1.32 bits per heavy atom. The number of rotatable bonds is 3. The highest BCUT2D eigenvalue weighted by Gasteiger charge is 2.31. The lowest BCUT2D eigenvalue weighted by atomic mass is 9.92. The summed E-state index contributed by atoms with van der Waals surface area (Å²) in [6, 6.07) is 5.98. The standard InChI is InChI=1S/C19H27N5O/c1-12-8-14(20-5)9-15(21-12)13-6-7-24(11-13)18(25)16-10-17(23-22-16)19(2,3)4/h8-10,13H,6-7,11H2,1-5H3,(H,20,21)(H,22,23). The molecular weight excluding hydrogens is 314 g/mol. The van der Waals surface area contributed by atoms with Crippen molar-refractivity contribution in [3.8, 4) is 0 Å². The first kappa shape index (κ1) is 17.5. The first-order chi connectivity index (χ1) is 11.8. The van der Waals surface area contributed by atoms with Gasteiger partial charge in [-0.1, -0.05) is 20.8 Å². The zero-order chi connectivity index (χ0) is 18.2. The Bertz CT molecular complexity index is 774. The molecule has 1 saturated heterocycles. The largest absolute Gasteiger partial charge is 0.388 e. The predicted molar refractivity (Wildman–Crippen MR) is 99.1 cm³/mol. The lowest BCUT2D eigenvalue weighted by Gasteiger charge is -2.16. The summed E-state index contributed by atoms with van der Waals surface area (Å²) in [5, 5.41) is 10.4. The summed E-state index contributed by atoms with van der Waals surface area (Å²) in [5.74, 6) is 0.271. The topological polar surface area (TPSA) is 73.9 Å². The molecule has 6 nitrogen and oxygen atoms in total. The van der Waals surface area contributed by atoms with Crippen molar-refractivity contribution in [2.24, 2.45) is 0 Å². The average molecular weight is 341 g/mol. The van der Waals surface area contributed by atoms with Crippen LogP contribution in [-0.2, 0) is 5.41 Å². The minimum Gasteiger partial charge on any atom is -0.388 e. The van der Waals surface area contributed by atoms with Gasteiger partial charge in [0.15, 0.2) is 0 Å². The Morgan fingerprint density at radius 2 is 2.08 bits per heavy atom. The number of hydrogen-bond donors (Lipinski definition) is 2. The summed E-state index contributed by atoms with van der Waals surface area (Å²) in [6.07, 6.45) is 0.932. The maximum atomic E-state index is 12.8. The van der Waals surface area contributed by atoms with Crippen molar-refractivity contribution in [3.63, 3.8) is 0 Å². The highest BCUT2D eigenvalue weighted by molar-refractivity contribution is 5.92. The van der Waals surface area contributed by atoms with Gasteiger partial charge in [0.2, 0.25) is 0 Å². The van der Waals surface area contributed by atoms with Crippen LogP contribution in [0, 0.1) is 6.92 Å².